The molecule has 1 aliphatic heterocycles. The number of hydrogen-bond donors (Lipinski definition) is 14. The molecule has 0 aliphatic carbocycles. The normalized spacial score (nSPS) is 23.4. The van der Waals surface area contributed by atoms with E-state index in [4.69, 9.17) is 22.9 Å². The van der Waals surface area contributed by atoms with Crippen LogP contribution in [0.5, 0.6) is 0 Å². The van der Waals surface area contributed by atoms with Gasteiger partial charge in [-0.25, -0.2) is 0 Å². The van der Waals surface area contributed by atoms with Crippen LogP contribution in [-0.2, 0) is 59.2 Å². The first-order valence-corrected chi connectivity index (χ1v) is 30.6. The molecular formula is C60H102N12O13. The van der Waals surface area contributed by atoms with Crippen LogP contribution in [0.15, 0.2) is 30.3 Å². The zero-order valence-electron chi connectivity index (χ0n) is 51.2. The molecule has 1 heterocycles. The second-order valence-corrected chi connectivity index (χ2v) is 22.9. The molecule has 25 nitrogen and oxygen atoms in total. The Balaban J connectivity index is 2.68. The SMILES string of the molecule is CCCC1NC(=O)C(C(C)CC)NC(=O)C(Cc2ccccc2)NC(=O)C(CCN)NC(=O)C(NC(=O)C(CCN)CC(=O)C(NC(=O)C(CCN)CC(=O)CCCCC(C)CC)C(C)O)CCNC(=O)C(C(C)O)CC(=O)C(CCN)NC1=O. The Kier molecular flexibility index (Phi) is 35.4. The molecule has 25 heteroatoms. The maximum absolute atomic E-state index is 14.6. The standard InChI is InChI=1S/C60H102N12O13/c1-8-16-45-56(81)66-44(23-28-63)49(76)34-43(37(6)73)55(80)65-30-25-47(58(83)68-46(24-29-64)57(82)70-48(31-39-18-12-11-13-19-39)59(84)71-51(36(5)10-3)60(85)69-45)67-53(78)41(22-27-62)33-50(77)52(38(7)74)72-54(79)40(21-26-61)32-42(75)20-15-14-17-35(4)9-2/h11-13,18-19,35-38,40-41,43-48,51-52,73-74H,8-10,14-17,20-34,61-64H2,1-7H3,(H,65,80)(H,66,81)(H,67,78)(H,68,83)(H,69,85)(H,70,82)(H,71,84)(H,72,79). The summed E-state index contributed by atoms with van der Waals surface area (Å²) in [7, 11) is 0. The number of aliphatic hydroxyl groups is 2. The first-order valence-electron chi connectivity index (χ1n) is 30.6. The first kappa shape index (κ1) is 74.8. The highest BCUT2D eigenvalue weighted by Crippen LogP contribution is 2.20. The van der Waals surface area contributed by atoms with Gasteiger partial charge < -0.3 is 75.7 Å². The van der Waals surface area contributed by atoms with Crippen molar-refractivity contribution in [1.29, 1.82) is 0 Å². The number of carbonyl (C=O) groups is 11. The Labute approximate surface area is 501 Å². The number of Topliss-reactive ketones (excluding diaryl/α,β-unsaturated/α-hetero) is 3. The molecule has 14 unspecified atom stereocenters. The molecule has 0 saturated carbocycles. The molecule has 1 fully saturated rings. The van der Waals surface area contributed by atoms with Gasteiger partial charge in [0.05, 0.1) is 24.2 Å². The fourth-order valence-corrected chi connectivity index (χ4v) is 10.00. The zero-order chi connectivity index (χ0) is 63.8. The molecule has 0 bridgehead atoms. The number of hydrogen-bond acceptors (Lipinski definition) is 17. The van der Waals surface area contributed by atoms with E-state index in [1.807, 2.05) is 0 Å². The van der Waals surface area contributed by atoms with Gasteiger partial charge in [-0.05, 0) is 102 Å². The van der Waals surface area contributed by atoms with Crippen molar-refractivity contribution in [3.8, 4) is 0 Å². The van der Waals surface area contributed by atoms with Gasteiger partial charge in [-0.15, -0.1) is 0 Å². The molecule has 480 valence electrons. The molecule has 0 aromatic heterocycles. The number of amides is 8. The van der Waals surface area contributed by atoms with Gasteiger partial charge in [-0.2, -0.15) is 0 Å². The van der Waals surface area contributed by atoms with E-state index >= 15 is 0 Å². The highest BCUT2D eigenvalue weighted by atomic mass is 16.3. The Morgan fingerprint density at radius 1 is 0.624 bits per heavy atom. The molecule has 18 N–H and O–H groups in total. The second-order valence-electron chi connectivity index (χ2n) is 22.9. The Morgan fingerprint density at radius 3 is 1.75 bits per heavy atom. The maximum Gasteiger partial charge on any atom is 0.243 e. The number of carbonyl (C=O) groups excluding carboxylic acids is 11. The number of nitrogens with two attached hydrogens (primary N) is 4. The van der Waals surface area contributed by atoms with E-state index in [2.05, 4.69) is 56.4 Å². The minimum absolute atomic E-state index is 0.0600. The third-order valence-electron chi connectivity index (χ3n) is 15.8. The van der Waals surface area contributed by atoms with Gasteiger partial charge in [0.15, 0.2) is 11.6 Å². The van der Waals surface area contributed by atoms with Crippen molar-refractivity contribution < 1.29 is 63.0 Å². The summed E-state index contributed by atoms with van der Waals surface area (Å²) in [5.74, 6) is -11.7. The lowest BCUT2D eigenvalue weighted by Gasteiger charge is -2.30. The predicted molar refractivity (Wildman–Crippen MR) is 321 cm³/mol. The Morgan fingerprint density at radius 2 is 1.19 bits per heavy atom. The first-order chi connectivity index (χ1) is 40.4. The molecule has 0 spiro atoms. The zero-order valence-corrected chi connectivity index (χ0v) is 51.2. The smallest absolute Gasteiger partial charge is 0.243 e. The van der Waals surface area contributed by atoms with E-state index in [0.29, 0.717) is 30.7 Å². The van der Waals surface area contributed by atoms with Gasteiger partial charge in [0.1, 0.15) is 42.0 Å². The van der Waals surface area contributed by atoms with E-state index in [0.717, 1.165) is 19.3 Å². The summed E-state index contributed by atoms with van der Waals surface area (Å²) in [6.07, 6.45) is -0.293. The molecule has 1 aromatic carbocycles. The Bertz CT molecular complexity index is 2310. The van der Waals surface area contributed by atoms with Crippen LogP contribution in [0.1, 0.15) is 157 Å². The highest BCUT2D eigenvalue weighted by Gasteiger charge is 2.38. The molecule has 0 radical (unpaired) electrons. The van der Waals surface area contributed by atoms with Crippen molar-refractivity contribution in [3.05, 3.63) is 35.9 Å². The fraction of sp³-hybridized carbons (Fsp3) is 0.717. The molecule has 2 rings (SSSR count). The third-order valence-corrected chi connectivity index (χ3v) is 15.8. The summed E-state index contributed by atoms with van der Waals surface area (Å²) in [6, 6.07) is -1.01. The van der Waals surface area contributed by atoms with Crippen molar-refractivity contribution in [2.45, 2.75) is 212 Å². The van der Waals surface area contributed by atoms with Gasteiger partial charge in [0.25, 0.3) is 0 Å². The largest absolute Gasteiger partial charge is 0.393 e. The highest BCUT2D eigenvalue weighted by molar-refractivity contribution is 5.99. The quantitative estimate of drug-likeness (QED) is 0.0416. The summed E-state index contributed by atoms with van der Waals surface area (Å²) in [4.78, 5) is 155. The monoisotopic (exact) mass is 1200 g/mol. The van der Waals surface area contributed by atoms with Crippen LogP contribution in [0.3, 0.4) is 0 Å². The molecule has 1 aromatic rings. The lowest BCUT2D eigenvalue weighted by atomic mass is 9.91. The topological polar surface area (TPSA) is 429 Å². The van der Waals surface area contributed by atoms with Gasteiger partial charge in [-0.1, -0.05) is 97.1 Å². The average Bonchev–Trinajstić information content (AvgIpc) is 3.69. The minimum Gasteiger partial charge on any atom is -0.393 e. The van der Waals surface area contributed by atoms with Crippen LogP contribution in [-0.4, -0.2) is 162 Å². The van der Waals surface area contributed by atoms with Crippen molar-refractivity contribution in [2.24, 2.45) is 52.5 Å². The minimum atomic E-state index is -1.60. The lowest BCUT2D eigenvalue weighted by Crippen LogP contribution is -2.61. The van der Waals surface area contributed by atoms with Crippen LogP contribution in [0.2, 0.25) is 0 Å². The number of benzene rings is 1. The molecule has 1 saturated heterocycles. The van der Waals surface area contributed by atoms with Crippen molar-refractivity contribution in [3.63, 3.8) is 0 Å². The Hall–Kier alpha value is -6.25. The van der Waals surface area contributed by atoms with Gasteiger partial charge in [-0.3, -0.25) is 52.7 Å². The van der Waals surface area contributed by atoms with E-state index in [-0.39, 0.29) is 89.9 Å². The lowest BCUT2D eigenvalue weighted by molar-refractivity contribution is -0.137. The van der Waals surface area contributed by atoms with Gasteiger partial charge >= 0.3 is 0 Å². The molecule has 14 atom stereocenters. The van der Waals surface area contributed by atoms with E-state index in [1.165, 1.54) is 13.8 Å². The molecule has 85 heavy (non-hydrogen) atoms. The average molecular weight is 1200 g/mol. The number of ketones is 3. The van der Waals surface area contributed by atoms with Crippen LogP contribution in [0, 0.1) is 29.6 Å². The van der Waals surface area contributed by atoms with Gasteiger partial charge in [0, 0.05) is 50.5 Å². The van der Waals surface area contributed by atoms with E-state index in [1.54, 1.807) is 51.1 Å². The summed E-state index contributed by atoms with van der Waals surface area (Å²) in [5.41, 5.74) is 24.3. The molecule has 1 aliphatic rings. The van der Waals surface area contributed by atoms with Crippen LogP contribution in [0.4, 0.5) is 0 Å². The summed E-state index contributed by atoms with van der Waals surface area (Å²) < 4.78 is 0. The van der Waals surface area contributed by atoms with Crippen molar-refractivity contribution in [1.82, 2.24) is 42.5 Å². The molecular weight excluding hydrogens is 1100 g/mol. The number of aliphatic hydroxyl groups excluding tert-OH is 2. The van der Waals surface area contributed by atoms with Crippen LogP contribution >= 0.6 is 0 Å². The van der Waals surface area contributed by atoms with Crippen molar-refractivity contribution >= 4 is 64.6 Å². The summed E-state index contributed by atoms with van der Waals surface area (Å²) >= 11 is 0. The van der Waals surface area contributed by atoms with E-state index < -0.39 is 156 Å². The third kappa shape index (κ3) is 26.5. The van der Waals surface area contributed by atoms with Gasteiger partial charge in [0.2, 0.25) is 47.3 Å². The predicted octanol–water partition coefficient (Wildman–Crippen LogP) is -0.522. The fourth-order valence-electron chi connectivity index (χ4n) is 10.00. The number of unbranched alkanes of at least 4 members (excludes halogenated alkanes) is 1. The molecule has 8 amide bonds. The van der Waals surface area contributed by atoms with Crippen molar-refractivity contribution in [2.75, 3.05) is 32.7 Å². The number of rotatable bonds is 31. The summed E-state index contributed by atoms with van der Waals surface area (Å²) in [6.45, 7) is 11.4. The van der Waals surface area contributed by atoms with Crippen LogP contribution < -0.4 is 65.5 Å². The summed E-state index contributed by atoms with van der Waals surface area (Å²) in [5, 5.41) is 43.1. The van der Waals surface area contributed by atoms with Crippen LogP contribution in [0.25, 0.3) is 0 Å². The number of nitrogens with one attached hydrogen (secondary N) is 8. The maximum atomic E-state index is 14.6. The second kappa shape index (κ2) is 40.2. The van der Waals surface area contributed by atoms with E-state index in [9.17, 15) is 63.0 Å².